The highest BCUT2D eigenvalue weighted by atomic mass is 79.9. The van der Waals surface area contributed by atoms with Gasteiger partial charge in [0, 0.05) is 35.7 Å². The van der Waals surface area contributed by atoms with Gasteiger partial charge in [0.15, 0.2) is 6.10 Å². The monoisotopic (exact) mass is 546 g/mol. The van der Waals surface area contributed by atoms with E-state index < -0.39 is 0 Å². The minimum absolute atomic E-state index is 0. The first-order chi connectivity index (χ1) is 15.7. The maximum absolute atomic E-state index is 13.4. The van der Waals surface area contributed by atoms with Crippen molar-refractivity contribution in [1.29, 1.82) is 0 Å². The van der Waals surface area contributed by atoms with Crippen LogP contribution >= 0.6 is 22.7 Å². The van der Waals surface area contributed by atoms with Crippen LogP contribution in [-0.4, -0.2) is 42.9 Å². The van der Waals surface area contributed by atoms with Crippen molar-refractivity contribution >= 4 is 34.5 Å². The van der Waals surface area contributed by atoms with E-state index in [4.69, 9.17) is 4.74 Å². The molecule has 33 heavy (non-hydrogen) atoms. The number of aryl methyl sites for hydroxylation is 1. The molecule has 1 aromatic carbocycles. The molecular weight excluding hydrogens is 516 g/mol. The number of fused-ring (bicyclic) bond motifs is 3. The summed E-state index contributed by atoms with van der Waals surface area (Å²) in [6.07, 6.45) is 4.53. The fourth-order valence-corrected chi connectivity index (χ4v) is 6.75. The highest BCUT2D eigenvalue weighted by Crippen LogP contribution is 2.36. The van der Waals surface area contributed by atoms with Crippen molar-refractivity contribution in [3.05, 3.63) is 75.1 Å². The van der Waals surface area contributed by atoms with Gasteiger partial charge >= 0.3 is 6.09 Å². The molecule has 5 heterocycles. The molecule has 7 heteroatoms. The molecule has 0 aliphatic carbocycles. The smallest absolute Gasteiger partial charge is 0.415 e. The molecule has 2 aromatic heterocycles. The van der Waals surface area contributed by atoms with E-state index in [9.17, 15) is 4.79 Å². The lowest BCUT2D eigenvalue weighted by molar-refractivity contribution is -0.946. The van der Waals surface area contributed by atoms with Crippen molar-refractivity contribution in [3.63, 3.8) is 0 Å². The predicted octanol–water partition coefficient (Wildman–Crippen LogP) is 3.20. The van der Waals surface area contributed by atoms with Crippen LogP contribution in [0.4, 0.5) is 10.5 Å². The van der Waals surface area contributed by atoms with Gasteiger partial charge in [0.25, 0.3) is 0 Å². The number of para-hydroxylation sites is 1. The van der Waals surface area contributed by atoms with Crippen LogP contribution in [0.15, 0.2) is 64.7 Å². The van der Waals surface area contributed by atoms with E-state index >= 15 is 0 Å². The second kappa shape index (κ2) is 11.2. The number of hydrogen-bond acceptors (Lipinski definition) is 4. The number of halogens is 1. The Morgan fingerprint density at radius 1 is 1.06 bits per heavy atom. The number of nitrogens with zero attached hydrogens (tertiary/aromatic N) is 2. The van der Waals surface area contributed by atoms with Crippen molar-refractivity contribution < 1.29 is 31.0 Å². The topological polar surface area (TPSA) is 29.5 Å². The SMILES string of the molecule is O=C(O[C@H]1C[N+]2(CCCc3cccs3)CCC1CC2)N(Cc1ccsc1)c1ccccc1.[Br-]. The number of thiophene rings is 2. The molecule has 1 atom stereocenters. The van der Waals surface area contributed by atoms with Crippen LogP contribution in [0.2, 0.25) is 0 Å². The van der Waals surface area contributed by atoms with Crippen LogP contribution in [0.1, 0.15) is 29.7 Å². The molecule has 0 saturated carbocycles. The van der Waals surface area contributed by atoms with Crippen molar-refractivity contribution in [2.45, 2.75) is 38.3 Å². The Labute approximate surface area is 215 Å². The lowest BCUT2D eigenvalue weighted by Gasteiger charge is -2.52. The van der Waals surface area contributed by atoms with E-state index in [1.54, 1.807) is 16.2 Å². The Hall–Kier alpha value is -1.67. The summed E-state index contributed by atoms with van der Waals surface area (Å²) in [7, 11) is 0. The Kier molecular flexibility index (Phi) is 8.28. The number of anilines is 1. The number of carbonyl (C=O) groups excluding carboxylic acids is 1. The lowest BCUT2D eigenvalue weighted by Crippen LogP contribution is -3.00. The number of quaternary nitrogens is 1. The predicted molar refractivity (Wildman–Crippen MR) is 132 cm³/mol. The summed E-state index contributed by atoms with van der Waals surface area (Å²) in [5.74, 6) is 0.509. The average molecular weight is 548 g/mol. The van der Waals surface area contributed by atoms with Gasteiger partial charge in [0.2, 0.25) is 0 Å². The van der Waals surface area contributed by atoms with Crippen LogP contribution in [0.5, 0.6) is 0 Å². The number of amides is 1. The molecule has 0 N–H and O–H groups in total. The van der Waals surface area contributed by atoms with Crippen molar-refractivity contribution in [2.75, 3.05) is 31.1 Å². The minimum Gasteiger partial charge on any atom is -1.00 e. The second-order valence-corrected chi connectivity index (χ2v) is 11.0. The van der Waals surface area contributed by atoms with E-state index in [1.807, 2.05) is 41.7 Å². The molecule has 3 aliphatic rings. The molecule has 0 spiro atoms. The fourth-order valence-electron chi connectivity index (χ4n) is 5.34. The highest BCUT2D eigenvalue weighted by Gasteiger charge is 2.47. The summed E-state index contributed by atoms with van der Waals surface area (Å²) in [5.41, 5.74) is 2.03. The van der Waals surface area contributed by atoms with Gasteiger partial charge in [-0.05, 0) is 52.4 Å². The van der Waals surface area contributed by atoms with E-state index in [-0.39, 0.29) is 29.2 Å². The van der Waals surface area contributed by atoms with Gasteiger partial charge in [-0.2, -0.15) is 11.3 Å². The summed E-state index contributed by atoms with van der Waals surface area (Å²) in [5, 5.41) is 6.32. The molecule has 3 saturated heterocycles. The maximum atomic E-state index is 13.4. The van der Waals surface area contributed by atoms with Gasteiger partial charge in [-0.25, -0.2) is 4.79 Å². The third-order valence-corrected chi connectivity index (χ3v) is 8.81. The highest BCUT2D eigenvalue weighted by molar-refractivity contribution is 7.09. The standard InChI is InChI=1S/C26H31N2O2S2.BrH/c29-26(27(18-21-12-17-31-20-21)23-6-2-1-3-7-23)30-25-19-28(14-10-22(25)11-15-28)13-4-8-24-9-5-16-32-24;/h1-3,5-7,9,12,16-17,20,22,25H,4,8,10-11,13-15,18-19H2;1H/q+1;/p-1/t22?,25-,28?;/m0./s1. The molecule has 2 bridgehead atoms. The van der Waals surface area contributed by atoms with E-state index in [2.05, 4.69) is 34.3 Å². The second-order valence-electron chi connectivity index (χ2n) is 9.19. The van der Waals surface area contributed by atoms with E-state index in [1.165, 1.54) is 43.8 Å². The molecule has 0 radical (unpaired) electrons. The summed E-state index contributed by atoms with van der Waals surface area (Å²) >= 11 is 3.52. The van der Waals surface area contributed by atoms with Crippen LogP contribution in [0, 0.1) is 5.92 Å². The van der Waals surface area contributed by atoms with Gasteiger partial charge in [-0.1, -0.05) is 24.3 Å². The third-order valence-electron chi connectivity index (χ3n) is 7.14. The largest absolute Gasteiger partial charge is 1.00 e. The minimum atomic E-state index is -0.210. The number of benzene rings is 1. The first-order valence-corrected chi connectivity index (χ1v) is 13.4. The van der Waals surface area contributed by atoms with Crippen LogP contribution in [0.25, 0.3) is 0 Å². The average Bonchev–Trinajstić information content (AvgIpc) is 3.53. The molecule has 3 aromatic rings. The zero-order valence-corrected chi connectivity index (χ0v) is 22.0. The summed E-state index contributed by atoms with van der Waals surface area (Å²) < 4.78 is 7.37. The lowest BCUT2D eigenvalue weighted by atomic mass is 9.83. The normalized spacial score (nSPS) is 23.6. The summed E-state index contributed by atoms with van der Waals surface area (Å²) in [4.78, 5) is 16.7. The van der Waals surface area contributed by atoms with Crippen LogP contribution < -0.4 is 21.9 Å². The Bertz CT molecular complexity index is 987. The molecule has 6 rings (SSSR count). The molecule has 3 fully saturated rings. The van der Waals surface area contributed by atoms with E-state index in [0.717, 1.165) is 28.7 Å². The number of ether oxygens (including phenoxy) is 1. The van der Waals surface area contributed by atoms with Gasteiger partial charge in [-0.15, -0.1) is 11.3 Å². The van der Waals surface area contributed by atoms with Crippen molar-refractivity contribution in [3.8, 4) is 0 Å². The first kappa shape index (κ1) is 24.5. The number of piperidine rings is 3. The van der Waals surface area contributed by atoms with Crippen molar-refractivity contribution in [1.82, 2.24) is 0 Å². The Balaban J connectivity index is 0.00000259. The first-order valence-electron chi connectivity index (χ1n) is 11.6. The molecule has 176 valence electrons. The summed E-state index contributed by atoms with van der Waals surface area (Å²) in [6, 6.07) is 16.4. The quantitative estimate of drug-likeness (QED) is 0.406. The van der Waals surface area contributed by atoms with Gasteiger partial charge in [0.05, 0.1) is 26.2 Å². The maximum Gasteiger partial charge on any atom is 0.415 e. The molecule has 0 unspecified atom stereocenters. The van der Waals surface area contributed by atoms with Crippen molar-refractivity contribution in [2.24, 2.45) is 5.92 Å². The van der Waals surface area contributed by atoms with Gasteiger partial charge in [-0.3, -0.25) is 4.90 Å². The zero-order chi connectivity index (χ0) is 21.8. The Morgan fingerprint density at radius 3 is 2.58 bits per heavy atom. The third kappa shape index (κ3) is 5.88. The van der Waals surface area contributed by atoms with E-state index in [0.29, 0.717) is 12.5 Å². The zero-order valence-electron chi connectivity index (χ0n) is 18.8. The van der Waals surface area contributed by atoms with Gasteiger partial charge in [0.1, 0.15) is 6.54 Å². The summed E-state index contributed by atoms with van der Waals surface area (Å²) in [6.45, 7) is 5.18. The molecule has 3 aliphatic heterocycles. The number of hydrogen-bond donors (Lipinski definition) is 0. The fraction of sp³-hybridized carbons (Fsp3) is 0.423. The number of carbonyl (C=O) groups is 1. The molecule has 4 nitrogen and oxygen atoms in total. The van der Waals surface area contributed by atoms with Gasteiger partial charge < -0.3 is 26.2 Å². The Morgan fingerprint density at radius 2 is 1.88 bits per heavy atom. The van der Waals surface area contributed by atoms with Crippen LogP contribution in [-0.2, 0) is 17.7 Å². The number of rotatable bonds is 8. The molecular formula is C26H31BrN2O2S2. The molecule has 1 amide bonds. The van der Waals surface area contributed by atoms with Crippen LogP contribution in [0.3, 0.4) is 0 Å².